The molecule has 10 nitrogen and oxygen atoms in total. The monoisotopic (exact) mass is 574 g/mol. The quantitative estimate of drug-likeness (QED) is 0.0934. The maximum absolute atomic E-state index is 11.7. The van der Waals surface area contributed by atoms with E-state index >= 15 is 0 Å². The molecule has 1 fully saturated rings. The molecule has 0 saturated carbocycles. The first-order valence-electron chi connectivity index (χ1n) is 11.7. The first-order chi connectivity index (χ1) is 15.8. The second-order valence-corrected chi connectivity index (χ2v) is 8.47. The highest BCUT2D eigenvalue weighted by Crippen LogP contribution is 2.05. The number of rotatable bonds is 23. The van der Waals surface area contributed by atoms with E-state index < -0.39 is 0 Å². The summed E-state index contributed by atoms with van der Waals surface area (Å²) in [6.45, 7) is 9.93. The Kier molecular flexibility index (Phi) is 21.2. The van der Waals surface area contributed by atoms with Crippen LogP contribution in [0.25, 0.3) is 0 Å². The number of hydrogen-bond donors (Lipinski definition) is 3. The molecule has 0 bridgehead atoms. The number of alkyl halides is 1. The first kappa shape index (κ1) is 29.9. The molecule has 11 heteroatoms. The van der Waals surface area contributed by atoms with Crippen LogP contribution < -0.4 is 16.3 Å². The van der Waals surface area contributed by atoms with Crippen molar-refractivity contribution in [2.75, 3.05) is 90.1 Å². The number of hydrogen-bond acceptors (Lipinski definition) is 9. The van der Waals surface area contributed by atoms with Crippen LogP contribution >= 0.6 is 22.6 Å². The smallest absolute Gasteiger partial charge is 0.222 e. The van der Waals surface area contributed by atoms with E-state index in [9.17, 15) is 4.79 Å². The second kappa shape index (κ2) is 22.7. The summed E-state index contributed by atoms with van der Waals surface area (Å²) in [4.78, 5) is 11.7. The van der Waals surface area contributed by atoms with Crippen molar-refractivity contribution in [1.29, 1.82) is 0 Å². The molecule has 1 saturated heterocycles. The number of nitrogens with zero attached hydrogens (tertiary/aromatic N) is 1. The van der Waals surface area contributed by atoms with Gasteiger partial charge in [-0.2, -0.15) is 5.53 Å². The Morgan fingerprint density at radius 2 is 1.56 bits per heavy atom. The van der Waals surface area contributed by atoms with Gasteiger partial charge in [0.15, 0.2) is 0 Å². The summed E-state index contributed by atoms with van der Waals surface area (Å²) in [6, 6.07) is 0.524. The van der Waals surface area contributed by atoms with Gasteiger partial charge in [0, 0.05) is 38.7 Å². The Morgan fingerprint density at radius 3 is 2.25 bits per heavy atom. The molecule has 32 heavy (non-hydrogen) atoms. The van der Waals surface area contributed by atoms with Crippen molar-refractivity contribution in [1.82, 2.24) is 21.3 Å². The lowest BCUT2D eigenvalue weighted by atomic mass is 10.2. The van der Waals surface area contributed by atoms with Crippen LogP contribution in [0.4, 0.5) is 0 Å². The lowest BCUT2D eigenvalue weighted by Crippen LogP contribution is -2.38. The van der Waals surface area contributed by atoms with Gasteiger partial charge < -0.3 is 29.0 Å². The summed E-state index contributed by atoms with van der Waals surface area (Å²) in [6.07, 6.45) is 3.78. The summed E-state index contributed by atoms with van der Waals surface area (Å²) in [7, 11) is 0. The predicted octanol–water partition coefficient (Wildman–Crippen LogP) is 0.894. The van der Waals surface area contributed by atoms with Crippen LogP contribution in [0.15, 0.2) is 0 Å². The fourth-order valence-corrected chi connectivity index (χ4v) is 3.31. The topological polar surface area (TPSA) is 103 Å². The second-order valence-electron chi connectivity index (χ2n) is 7.39. The number of carbonyl (C=O) groups is 1. The zero-order valence-electron chi connectivity index (χ0n) is 19.6. The van der Waals surface area contributed by atoms with E-state index in [4.69, 9.17) is 23.7 Å². The average Bonchev–Trinajstić information content (AvgIpc) is 3.25. The van der Waals surface area contributed by atoms with Gasteiger partial charge in [-0.3, -0.25) is 4.79 Å². The van der Waals surface area contributed by atoms with Crippen LogP contribution in [0, 0.1) is 0 Å². The Labute approximate surface area is 206 Å². The third-order valence-electron chi connectivity index (χ3n) is 4.57. The molecule has 1 atom stereocenters. The zero-order chi connectivity index (χ0) is 23.1. The van der Waals surface area contributed by atoms with E-state index in [1.807, 2.05) is 0 Å². The van der Waals surface area contributed by atoms with Gasteiger partial charge in [0.05, 0.1) is 59.5 Å². The molecule has 1 unspecified atom stereocenters. The molecule has 1 heterocycles. The lowest BCUT2D eigenvalue weighted by molar-refractivity contribution is -0.122. The molecular formula is C21H43IN4O6. The van der Waals surface area contributed by atoms with E-state index in [0.29, 0.717) is 78.5 Å². The summed E-state index contributed by atoms with van der Waals surface area (Å²) < 4.78 is 28.4. The van der Waals surface area contributed by atoms with Crippen LogP contribution in [-0.4, -0.2) is 107 Å². The normalized spacial score (nSPS) is 16.6. The van der Waals surface area contributed by atoms with Gasteiger partial charge in [0.2, 0.25) is 5.91 Å². The van der Waals surface area contributed by atoms with Gasteiger partial charge in [-0.05, 0) is 23.7 Å². The van der Waals surface area contributed by atoms with Crippen molar-refractivity contribution in [3.05, 3.63) is 0 Å². The van der Waals surface area contributed by atoms with Crippen molar-refractivity contribution >= 4 is 28.5 Å². The highest BCUT2D eigenvalue weighted by molar-refractivity contribution is 14.1. The van der Waals surface area contributed by atoms with E-state index in [2.05, 4.69) is 50.8 Å². The summed E-state index contributed by atoms with van der Waals surface area (Å²) in [5.41, 5.74) is 6.50. The minimum atomic E-state index is -0.0347. The van der Waals surface area contributed by atoms with Crippen molar-refractivity contribution in [3.8, 4) is 0 Å². The number of hydrazine groups is 2. The number of amides is 1. The van der Waals surface area contributed by atoms with Gasteiger partial charge in [-0.15, -0.1) is 0 Å². The SMILES string of the molecule is CCCOCCOCCC(=O)NCCOCCOCCOCCN1CC(CCCI)NN1. The van der Waals surface area contributed by atoms with Crippen LogP contribution in [-0.2, 0) is 28.5 Å². The maximum atomic E-state index is 11.7. The van der Waals surface area contributed by atoms with Crippen molar-refractivity contribution in [3.63, 3.8) is 0 Å². The molecule has 0 spiro atoms. The average molecular weight is 575 g/mol. The molecule has 1 rings (SSSR count). The van der Waals surface area contributed by atoms with Gasteiger partial charge >= 0.3 is 0 Å². The third kappa shape index (κ3) is 18.3. The highest BCUT2D eigenvalue weighted by atomic mass is 127. The molecule has 0 aromatic rings. The fourth-order valence-electron chi connectivity index (χ4n) is 2.87. The Hall–Kier alpha value is -0.120. The molecule has 0 radical (unpaired) electrons. The largest absolute Gasteiger partial charge is 0.379 e. The Balaban J connectivity index is 1.74. The lowest BCUT2D eigenvalue weighted by Gasteiger charge is -2.14. The van der Waals surface area contributed by atoms with Gasteiger partial charge in [-0.1, -0.05) is 29.5 Å². The van der Waals surface area contributed by atoms with E-state index in [-0.39, 0.29) is 5.91 Å². The number of nitrogens with one attached hydrogen (secondary N) is 3. The molecule has 3 N–H and O–H groups in total. The molecule has 1 aliphatic heterocycles. The van der Waals surface area contributed by atoms with Crippen molar-refractivity contribution in [2.24, 2.45) is 0 Å². The Morgan fingerprint density at radius 1 is 0.938 bits per heavy atom. The maximum Gasteiger partial charge on any atom is 0.222 e. The molecule has 190 valence electrons. The van der Waals surface area contributed by atoms with Crippen molar-refractivity contribution < 1.29 is 28.5 Å². The molecule has 1 aliphatic rings. The van der Waals surface area contributed by atoms with Crippen LogP contribution in [0.3, 0.4) is 0 Å². The summed E-state index contributed by atoms with van der Waals surface area (Å²) in [5, 5.41) is 4.96. The van der Waals surface area contributed by atoms with Crippen LogP contribution in [0.2, 0.25) is 0 Å². The molecule has 0 aliphatic carbocycles. The molecule has 0 aromatic heterocycles. The van der Waals surface area contributed by atoms with Crippen LogP contribution in [0.1, 0.15) is 32.6 Å². The standard InChI is InChI=1S/C21H43IN4O6/c1-2-9-28-13-14-29-10-5-21(27)23-7-11-30-15-17-32-18-16-31-12-8-26-19-20(24-25-26)4-3-6-22/h20,24-25H,2-19H2,1H3,(H,23,27). The van der Waals surface area contributed by atoms with Gasteiger partial charge in [-0.25, -0.2) is 10.4 Å². The zero-order valence-corrected chi connectivity index (χ0v) is 21.7. The van der Waals surface area contributed by atoms with E-state index in [0.717, 1.165) is 26.1 Å². The van der Waals surface area contributed by atoms with Crippen molar-refractivity contribution in [2.45, 2.75) is 38.6 Å². The molecular weight excluding hydrogens is 531 g/mol. The molecule has 0 aromatic carbocycles. The minimum Gasteiger partial charge on any atom is -0.379 e. The summed E-state index contributed by atoms with van der Waals surface area (Å²) >= 11 is 2.42. The van der Waals surface area contributed by atoms with Crippen LogP contribution in [0.5, 0.6) is 0 Å². The first-order valence-corrected chi connectivity index (χ1v) is 13.3. The Bertz CT molecular complexity index is 439. The van der Waals surface area contributed by atoms with Gasteiger partial charge in [0.25, 0.3) is 0 Å². The third-order valence-corrected chi connectivity index (χ3v) is 5.33. The minimum absolute atomic E-state index is 0.0347. The predicted molar refractivity (Wildman–Crippen MR) is 132 cm³/mol. The summed E-state index contributed by atoms with van der Waals surface area (Å²) in [5.74, 6) is -0.0347. The number of halogens is 1. The van der Waals surface area contributed by atoms with E-state index in [1.165, 1.54) is 17.3 Å². The molecule has 1 amide bonds. The fraction of sp³-hybridized carbons (Fsp3) is 0.952. The van der Waals surface area contributed by atoms with Gasteiger partial charge in [0.1, 0.15) is 0 Å². The number of ether oxygens (including phenoxy) is 5. The highest BCUT2D eigenvalue weighted by Gasteiger charge is 2.20. The number of carbonyl (C=O) groups excluding carboxylic acids is 1. The van der Waals surface area contributed by atoms with E-state index in [1.54, 1.807) is 0 Å².